The molecule has 0 saturated carbocycles. The number of sulfonamides is 1. The summed E-state index contributed by atoms with van der Waals surface area (Å²) >= 11 is 0. The first kappa shape index (κ1) is 19.7. The molecule has 0 unspecified atom stereocenters. The maximum absolute atomic E-state index is 11.0. The summed E-state index contributed by atoms with van der Waals surface area (Å²) < 4.78 is 22.0. The molecule has 1 saturated heterocycles. The van der Waals surface area contributed by atoms with Crippen LogP contribution >= 0.6 is 0 Å². The number of piperidine rings is 1. The smallest absolute Gasteiger partial charge is 0.210 e. The van der Waals surface area contributed by atoms with Crippen LogP contribution in [0, 0.1) is 0 Å². The zero-order valence-corrected chi connectivity index (χ0v) is 15.6. The van der Waals surface area contributed by atoms with Crippen LogP contribution in [0.3, 0.4) is 0 Å². The van der Waals surface area contributed by atoms with E-state index in [9.17, 15) is 8.42 Å². The molecule has 0 aromatic heterocycles. The van der Waals surface area contributed by atoms with E-state index in [2.05, 4.69) is 44.8 Å². The Morgan fingerprint density at radius 3 is 2.56 bits per heavy atom. The van der Waals surface area contributed by atoms with Crippen LogP contribution in [-0.4, -0.2) is 57.3 Å². The van der Waals surface area contributed by atoms with Crippen LogP contribution in [0.1, 0.15) is 25.3 Å². The Labute approximate surface area is 150 Å². The van der Waals surface area contributed by atoms with Crippen molar-refractivity contribution >= 4 is 16.0 Å². The second-order valence-electron chi connectivity index (χ2n) is 6.31. The highest BCUT2D eigenvalue weighted by atomic mass is 32.2. The number of primary sulfonamides is 1. The van der Waals surface area contributed by atoms with Crippen molar-refractivity contribution in [1.82, 2.24) is 15.5 Å². The van der Waals surface area contributed by atoms with E-state index >= 15 is 0 Å². The van der Waals surface area contributed by atoms with Gasteiger partial charge in [-0.2, -0.15) is 0 Å². The zero-order valence-electron chi connectivity index (χ0n) is 14.8. The fourth-order valence-electron chi connectivity index (χ4n) is 2.88. The normalized spacial score (nSPS) is 17.4. The van der Waals surface area contributed by atoms with Crippen molar-refractivity contribution in [2.75, 3.05) is 31.9 Å². The van der Waals surface area contributed by atoms with Crippen molar-refractivity contribution in [3.05, 3.63) is 35.9 Å². The van der Waals surface area contributed by atoms with Gasteiger partial charge < -0.3 is 10.6 Å². The van der Waals surface area contributed by atoms with Crippen LogP contribution in [0.5, 0.6) is 0 Å². The molecule has 1 heterocycles. The van der Waals surface area contributed by atoms with Crippen molar-refractivity contribution in [3.8, 4) is 0 Å². The Morgan fingerprint density at radius 2 is 1.96 bits per heavy atom. The number of nitrogens with one attached hydrogen (secondary N) is 2. The third-order valence-corrected chi connectivity index (χ3v) is 4.92. The number of hydrogen-bond acceptors (Lipinski definition) is 4. The summed E-state index contributed by atoms with van der Waals surface area (Å²) in [7, 11) is -3.47. The Balaban J connectivity index is 1.79. The van der Waals surface area contributed by atoms with Crippen molar-refractivity contribution in [3.63, 3.8) is 0 Å². The minimum atomic E-state index is -3.47. The lowest BCUT2D eigenvalue weighted by Crippen LogP contribution is -2.48. The Morgan fingerprint density at radius 1 is 1.28 bits per heavy atom. The largest absolute Gasteiger partial charge is 0.357 e. The van der Waals surface area contributed by atoms with E-state index in [1.165, 1.54) is 5.56 Å². The number of nitrogens with zero attached hydrogens (tertiary/aromatic N) is 2. The molecule has 0 atom stereocenters. The predicted octanol–water partition coefficient (Wildman–Crippen LogP) is 0.495. The molecule has 7 nitrogen and oxygen atoms in total. The van der Waals surface area contributed by atoms with Crippen molar-refractivity contribution < 1.29 is 8.42 Å². The van der Waals surface area contributed by atoms with Crippen molar-refractivity contribution in [2.45, 2.75) is 32.4 Å². The van der Waals surface area contributed by atoms with Crippen LogP contribution in [0.2, 0.25) is 0 Å². The van der Waals surface area contributed by atoms with Gasteiger partial charge >= 0.3 is 0 Å². The van der Waals surface area contributed by atoms with Gasteiger partial charge in [-0.15, -0.1) is 0 Å². The minimum Gasteiger partial charge on any atom is -0.357 e. The highest BCUT2D eigenvalue weighted by molar-refractivity contribution is 7.89. The van der Waals surface area contributed by atoms with Crippen LogP contribution in [-0.2, 0) is 16.6 Å². The monoisotopic (exact) mass is 367 g/mol. The van der Waals surface area contributed by atoms with E-state index in [1.807, 2.05) is 13.0 Å². The third-order valence-electron chi connectivity index (χ3n) is 4.17. The summed E-state index contributed by atoms with van der Waals surface area (Å²) in [5.41, 5.74) is 1.34. The van der Waals surface area contributed by atoms with E-state index < -0.39 is 10.0 Å². The third kappa shape index (κ3) is 7.85. The van der Waals surface area contributed by atoms with E-state index in [4.69, 9.17) is 5.14 Å². The molecule has 0 radical (unpaired) electrons. The summed E-state index contributed by atoms with van der Waals surface area (Å²) in [6.07, 6.45) is 2.07. The van der Waals surface area contributed by atoms with E-state index in [0.717, 1.165) is 39.0 Å². The van der Waals surface area contributed by atoms with Crippen LogP contribution in [0.15, 0.2) is 35.3 Å². The van der Waals surface area contributed by atoms with Gasteiger partial charge in [0.05, 0.1) is 12.3 Å². The molecular formula is C17H29N5O2S. The standard InChI is InChI=1S/C17H29N5O2S/c1-2-19-17(20-10-13-25(18,23)24)21-16-8-11-22(12-9-16)14-15-6-4-3-5-7-15/h3-7,16H,2,8-14H2,1H3,(H2,18,23,24)(H2,19,20,21). The molecular weight excluding hydrogens is 338 g/mol. The molecule has 1 aliphatic heterocycles. The highest BCUT2D eigenvalue weighted by Crippen LogP contribution is 2.13. The SMILES string of the molecule is CCNC(=NCCS(N)(=O)=O)NC1CCN(Cc2ccccc2)CC1. The minimum absolute atomic E-state index is 0.140. The lowest BCUT2D eigenvalue weighted by atomic mass is 10.0. The number of likely N-dealkylation sites (tertiary alicyclic amines) is 1. The lowest BCUT2D eigenvalue weighted by Gasteiger charge is -2.33. The molecule has 2 rings (SSSR count). The highest BCUT2D eigenvalue weighted by Gasteiger charge is 2.20. The maximum Gasteiger partial charge on any atom is 0.210 e. The van der Waals surface area contributed by atoms with Crippen LogP contribution < -0.4 is 15.8 Å². The molecule has 0 bridgehead atoms. The molecule has 25 heavy (non-hydrogen) atoms. The van der Waals surface area contributed by atoms with E-state index in [-0.39, 0.29) is 12.3 Å². The molecule has 140 valence electrons. The van der Waals surface area contributed by atoms with Gasteiger partial charge in [0.1, 0.15) is 0 Å². The number of benzene rings is 1. The summed E-state index contributed by atoms with van der Waals surface area (Å²) in [4.78, 5) is 6.76. The number of aliphatic imine (C=N–C) groups is 1. The molecule has 0 spiro atoms. The maximum atomic E-state index is 11.0. The van der Waals surface area contributed by atoms with Crippen LogP contribution in [0.25, 0.3) is 0 Å². The van der Waals surface area contributed by atoms with Gasteiger partial charge in [0.15, 0.2) is 5.96 Å². The number of rotatable bonds is 7. The zero-order chi connectivity index (χ0) is 18.1. The Kier molecular flexibility index (Phi) is 7.67. The molecule has 1 fully saturated rings. The molecule has 1 aromatic carbocycles. The molecule has 1 aromatic rings. The first-order valence-electron chi connectivity index (χ1n) is 8.78. The van der Waals surface area contributed by atoms with Crippen molar-refractivity contribution in [1.29, 1.82) is 0 Å². The fraction of sp³-hybridized carbons (Fsp3) is 0.588. The summed E-state index contributed by atoms with van der Waals surface area (Å²) in [5, 5.41) is 11.6. The first-order chi connectivity index (χ1) is 12.0. The quantitative estimate of drug-likeness (QED) is 0.481. The molecule has 0 aliphatic carbocycles. The summed E-state index contributed by atoms with van der Waals surface area (Å²) in [6.45, 7) is 5.93. The van der Waals surface area contributed by atoms with Gasteiger partial charge in [0.25, 0.3) is 0 Å². The van der Waals surface area contributed by atoms with Gasteiger partial charge in [-0.1, -0.05) is 30.3 Å². The molecule has 4 N–H and O–H groups in total. The van der Waals surface area contributed by atoms with E-state index in [1.54, 1.807) is 0 Å². The average molecular weight is 368 g/mol. The van der Waals surface area contributed by atoms with Crippen molar-refractivity contribution in [2.24, 2.45) is 10.1 Å². The van der Waals surface area contributed by atoms with Gasteiger partial charge in [0, 0.05) is 32.2 Å². The van der Waals surface area contributed by atoms with Gasteiger partial charge in [-0.3, -0.25) is 9.89 Å². The Bertz CT molecular complexity index is 640. The lowest BCUT2D eigenvalue weighted by molar-refractivity contribution is 0.198. The number of nitrogens with two attached hydrogens (primary N) is 1. The first-order valence-corrected chi connectivity index (χ1v) is 10.5. The second-order valence-corrected chi connectivity index (χ2v) is 8.04. The van der Waals surface area contributed by atoms with Crippen LogP contribution in [0.4, 0.5) is 0 Å². The van der Waals surface area contributed by atoms with E-state index in [0.29, 0.717) is 12.0 Å². The van der Waals surface area contributed by atoms with Gasteiger partial charge in [0.2, 0.25) is 10.0 Å². The summed E-state index contributed by atoms with van der Waals surface area (Å²) in [6, 6.07) is 10.8. The van der Waals surface area contributed by atoms with Gasteiger partial charge in [-0.05, 0) is 25.3 Å². The topological polar surface area (TPSA) is 99.8 Å². The summed E-state index contributed by atoms with van der Waals surface area (Å²) in [5.74, 6) is 0.520. The second kappa shape index (κ2) is 9.74. The fourth-order valence-corrected chi connectivity index (χ4v) is 3.22. The predicted molar refractivity (Wildman–Crippen MR) is 102 cm³/mol. The molecule has 0 amide bonds. The number of hydrogen-bond donors (Lipinski definition) is 3. The van der Waals surface area contributed by atoms with Gasteiger partial charge in [-0.25, -0.2) is 13.6 Å². The average Bonchev–Trinajstić information content (AvgIpc) is 2.56. The number of guanidine groups is 1. The molecule has 8 heteroatoms. The molecule has 1 aliphatic rings. The Hall–Kier alpha value is -1.64.